The molecule has 0 atom stereocenters. The lowest BCUT2D eigenvalue weighted by Gasteiger charge is -2.05. The maximum absolute atomic E-state index is 13.0. The average molecular weight is 401 g/mol. The van der Waals surface area contributed by atoms with Gasteiger partial charge in [-0.05, 0) is 54.6 Å². The van der Waals surface area contributed by atoms with Crippen LogP contribution in [-0.4, -0.2) is 5.91 Å². The van der Waals surface area contributed by atoms with E-state index in [0.29, 0.717) is 32.8 Å². The number of furan rings is 1. The van der Waals surface area contributed by atoms with E-state index < -0.39 is 5.91 Å². The second-order valence-corrected chi connectivity index (χ2v) is 6.36. The molecule has 3 rings (SSSR count). The summed E-state index contributed by atoms with van der Waals surface area (Å²) in [5.74, 6) is -0.184. The first kappa shape index (κ1) is 18.7. The molecule has 1 aromatic heterocycles. The zero-order chi connectivity index (χ0) is 19.4. The van der Waals surface area contributed by atoms with Crippen molar-refractivity contribution in [2.24, 2.45) is 0 Å². The number of nitrogens with one attached hydrogen (secondary N) is 1. The fourth-order valence-corrected chi connectivity index (χ4v) is 2.84. The van der Waals surface area contributed by atoms with Crippen molar-refractivity contribution in [3.8, 4) is 17.4 Å². The number of benzene rings is 2. The summed E-state index contributed by atoms with van der Waals surface area (Å²) < 4.78 is 18.6. The van der Waals surface area contributed by atoms with Gasteiger partial charge >= 0.3 is 0 Å². The molecule has 0 aliphatic rings. The predicted octanol–water partition coefficient (Wildman–Crippen LogP) is 5.94. The van der Waals surface area contributed by atoms with E-state index in [-0.39, 0.29) is 11.4 Å². The summed E-state index contributed by atoms with van der Waals surface area (Å²) in [6.07, 6.45) is 1.31. The van der Waals surface area contributed by atoms with Gasteiger partial charge in [0.25, 0.3) is 5.91 Å². The Morgan fingerprint density at radius 2 is 1.74 bits per heavy atom. The maximum atomic E-state index is 13.0. The standard InChI is InChI=1S/C20H11Cl2FN2O2/c21-14-8-15(22)10-17(9-14)25-20(26)13(11-24)7-18-5-6-19(27-18)12-1-3-16(23)4-2-12/h1-10H,(H,25,26)/b13-7+. The molecular formula is C20H11Cl2FN2O2. The molecule has 27 heavy (non-hydrogen) atoms. The van der Waals surface area contributed by atoms with Crippen LogP contribution in [0.4, 0.5) is 10.1 Å². The number of hydrogen-bond acceptors (Lipinski definition) is 3. The second kappa shape index (κ2) is 8.09. The average Bonchev–Trinajstić information content (AvgIpc) is 3.08. The van der Waals surface area contributed by atoms with E-state index in [0.717, 1.165) is 0 Å². The molecule has 4 nitrogen and oxygen atoms in total. The Morgan fingerprint density at radius 1 is 1.07 bits per heavy atom. The van der Waals surface area contributed by atoms with Gasteiger partial charge in [-0.1, -0.05) is 23.2 Å². The molecule has 1 N–H and O–H groups in total. The van der Waals surface area contributed by atoms with E-state index in [9.17, 15) is 14.4 Å². The SMILES string of the molecule is N#C/C(=C\c1ccc(-c2ccc(F)cc2)o1)C(=O)Nc1cc(Cl)cc(Cl)c1. The topological polar surface area (TPSA) is 66.0 Å². The Labute approximate surface area is 164 Å². The lowest BCUT2D eigenvalue weighted by molar-refractivity contribution is -0.112. The lowest BCUT2D eigenvalue weighted by Crippen LogP contribution is -2.13. The number of hydrogen-bond donors (Lipinski definition) is 1. The van der Waals surface area contributed by atoms with Gasteiger partial charge in [-0.3, -0.25) is 4.79 Å². The third kappa shape index (κ3) is 4.76. The third-order valence-electron chi connectivity index (χ3n) is 3.53. The monoisotopic (exact) mass is 400 g/mol. The highest BCUT2D eigenvalue weighted by molar-refractivity contribution is 6.35. The third-order valence-corrected chi connectivity index (χ3v) is 3.96. The Bertz CT molecular complexity index is 1050. The van der Waals surface area contributed by atoms with Crippen LogP contribution in [0.25, 0.3) is 17.4 Å². The predicted molar refractivity (Wildman–Crippen MR) is 103 cm³/mol. The smallest absolute Gasteiger partial charge is 0.266 e. The lowest BCUT2D eigenvalue weighted by atomic mass is 10.2. The molecule has 0 spiro atoms. The van der Waals surface area contributed by atoms with Gasteiger partial charge in [-0.2, -0.15) is 5.26 Å². The van der Waals surface area contributed by atoms with Crippen molar-refractivity contribution < 1.29 is 13.6 Å². The summed E-state index contributed by atoms with van der Waals surface area (Å²) in [5.41, 5.74) is 0.878. The molecule has 0 aliphatic heterocycles. The van der Waals surface area contributed by atoms with Crippen molar-refractivity contribution in [3.63, 3.8) is 0 Å². The molecule has 3 aromatic rings. The molecule has 0 aliphatic carbocycles. The Balaban J connectivity index is 1.80. The van der Waals surface area contributed by atoms with Crippen LogP contribution in [0.15, 0.2) is 64.6 Å². The number of halogens is 3. The summed E-state index contributed by atoms with van der Waals surface area (Å²) in [7, 11) is 0. The highest BCUT2D eigenvalue weighted by Gasteiger charge is 2.12. The number of nitrogens with zero attached hydrogens (tertiary/aromatic N) is 1. The fraction of sp³-hybridized carbons (Fsp3) is 0. The van der Waals surface area contributed by atoms with E-state index in [1.165, 1.54) is 36.4 Å². The van der Waals surface area contributed by atoms with Crippen molar-refractivity contribution in [2.45, 2.75) is 0 Å². The van der Waals surface area contributed by atoms with Crippen molar-refractivity contribution in [1.82, 2.24) is 0 Å². The van der Waals surface area contributed by atoms with E-state index in [1.807, 2.05) is 6.07 Å². The Kier molecular flexibility index (Phi) is 5.60. The van der Waals surface area contributed by atoms with Crippen LogP contribution in [0.1, 0.15) is 5.76 Å². The Hall–Kier alpha value is -3.07. The molecule has 0 fully saturated rings. The number of rotatable bonds is 4. The molecule has 2 aromatic carbocycles. The quantitative estimate of drug-likeness (QED) is 0.435. The van der Waals surface area contributed by atoms with Crippen molar-refractivity contribution in [1.29, 1.82) is 5.26 Å². The van der Waals surface area contributed by atoms with Crippen LogP contribution >= 0.6 is 23.2 Å². The molecule has 1 heterocycles. The van der Waals surface area contributed by atoms with Gasteiger partial charge < -0.3 is 9.73 Å². The number of anilines is 1. The molecule has 0 saturated carbocycles. The van der Waals surface area contributed by atoms with Gasteiger partial charge in [0.15, 0.2) is 0 Å². The molecule has 0 saturated heterocycles. The minimum atomic E-state index is -0.629. The molecule has 0 radical (unpaired) electrons. The summed E-state index contributed by atoms with van der Waals surface area (Å²) in [6.45, 7) is 0. The van der Waals surface area contributed by atoms with Crippen molar-refractivity contribution >= 4 is 40.9 Å². The molecular weight excluding hydrogens is 390 g/mol. The maximum Gasteiger partial charge on any atom is 0.266 e. The van der Waals surface area contributed by atoms with E-state index in [1.54, 1.807) is 24.3 Å². The van der Waals surface area contributed by atoms with Gasteiger partial charge in [0.05, 0.1) is 0 Å². The van der Waals surface area contributed by atoms with Crippen molar-refractivity contribution in [3.05, 3.63) is 81.8 Å². The Morgan fingerprint density at radius 3 is 2.37 bits per heavy atom. The van der Waals surface area contributed by atoms with Crippen molar-refractivity contribution in [2.75, 3.05) is 5.32 Å². The summed E-state index contributed by atoms with van der Waals surface area (Å²) in [5, 5.41) is 12.6. The van der Waals surface area contributed by atoms with Crippen LogP contribution in [0.2, 0.25) is 10.0 Å². The number of amides is 1. The van der Waals surface area contributed by atoms with Gasteiger partial charge in [-0.15, -0.1) is 0 Å². The van der Waals surface area contributed by atoms with Crippen LogP contribution in [0.5, 0.6) is 0 Å². The molecule has 1 amide bonds. The first-order valence-corrected chi connectivity index (χ1v) is 8.45. The first-order chi connectivity index (χ1) is 12.9. The van der Waals surface area contributed by atoms with Gasteiger partial charge in [0.1, 0.15) is 29.0 Å². The molecule has 7 heteroatoms. The molecule has 0 bridgehead atoms. The zero-order valence-electron chi connectivity index (χ0n) is 13.7. The molecule has 134 valence electrons. The normalized spacial score (nSPS) is 11.1. The van der Waals surface area contributed by atoms with Crippen LogP contribution in [0.3, 0.4) is 0 Å². The number of carbonyl (C=O) groups is 1. The fourth-order valence-electron chi connectivity index (χ4n) is 2.31. The highest BCUT2D eigenvalue weighted by atomic mass is 35.5. The first-order valence-electron chi connectivity index (χ1n) is 7.69. The largest absolute Gasteiger partial charge is 0.457 e. The highest BCUT2D eigenvalue weighted by Crippen LogP contribution is 2.25. The minimum Gasteiger partial charge on any atom is -0.457 e. The number of carbonyl (C=O) groups excluding carboxylic acids is 1. The van der Waals surface area contributed by atoms with Crippen LogP contribution in [-0.2, 0) is 4.79 Å². The van der Waals surface area contributed by atoms with Crippen LogP contribution < -0.4 is 5.32 Å². The number of nitriles is 1. The van der Waals surface area contributed by atoms with Gasteiger partial charge in [-0.25, -0.2) is 4.39 Å². The van der Waals surface area contributed by atoms with Gasteiger partial charge in [0.2, 0.25) is 0 Å². The summed E-state index contributed by atoms with van der Waals surface area (Å²) >= 11 is 11.8. The van der Waals surface area contributed by atoms with E-state index >= 15 is 0 Å². The van der Waals surface area contributed by atoms with Gasteiger partial charge in [0, 0.05) is 27.4 Å². The minimum absolute atomic E-state index is 0.161. The summed E-state index contributed by atoms with van der Waals surface area (Å²) in [6, 6.07) is 15.4. The van der Waals surface area contributed by atoms with E-state index in [2.05, 4.69) is 5.32 Å². The van der Waals surface area contributed by atoms with Crippen LogP contribution in [0, 0.1) is 17.1 Å². The molecule has 0 unspecified atom stereocenters. The zero-order valence-corrected chi connectivity index (χ0v) is 15.2. The second-order valence-electron chi connectivity index (χ2n) is 5.49. The van der Waals surface area contributed by atoms with E-state index in [4.69, 9.17) is 27.6 Å². The summed E-state index contributed by atoms with van der Waals surface area (Å²) in [4.78, 5) is 12.3.